The first-order chi connectivity index (χ1) is 17.3. The molecule has 2 aromatic rings. The normalized spacial score (nSPS) is 18.5. The van der Waals surface area contributed by atoms with Gasteiger partial charge in [0.25, 0.3) is 0 Å². The molecule has 0 amide bonds. The third-order valence-electron chi connectivity index (χ3n) is 7.58. The molecule has 0 N–H and O–H groups in total. The van der Waals surface area contributed by atoms with Crippen molar-refractivity contribution in [2.75, 3.05) is 25.0 Å². The van der Waals surface area contributed by atoms with E-state index < -0.39 is 18.1 Å². The highest BCUT2D eigenvalue weighted by atomic mass is 33.2. The molecule has 37 heavy (non-hydrogen) atoms. The van der Waals surface area contributed by atoms with Gasteiger partial charge in [-0.25, -0.2) is 18.1 Å². The van der Waals surface area contributed by atoms with Crippen LogP contribution in [0.3, 0.4) is 0 Å². The maximum atomic E-state index is 3.60. The van der Waals surface area contributed by atoms with Gasteiger partial charge in [-0.15, -0.1) is 19.7 Å². The molecule has 0 radical (unpaired) electrons. The van der Waals surface area contributed by atoms with Crippen molar-refractivity contribution in [2.45, 2.75) is 70.3 Å². The topological polar surface area (TPSA) is 0 Å². The lowest BCUT2D eigenvalue weighted by Crippen LogP contribution is -2.20. The average molecular weight is 539 g/mol. The smallest absolute Gasteiger partial charge is 0.0394 e. The van der Waals surface area contributed by atoms with Crippen LogP contribution in [0.1, 0.15) is 76.2 Å². The molecule has 0 nitrogen and oxygen atoms in total. The summed E-state index contributed by atoms with van der Waals surface area (Å²) in [5, 5.41) is 3.96. The van der Waals surface area contributed by atoms with Crippen LogP contribution in [0.15, 0.2) is 92.1 Å². The number of allylic oxidation sites excluding steroid dienone is 3. The van der Waals surface area contributed by atoms with Gasteiger partial charge in [0.1, 0.15) is 0 Å². The Labute approximate surface area is 232 Å². The molecule has 0 saturated carbocycles. The molecule has 2 unspecified atom stereocenters. The van der Waals surface area contributed by atoms with Crippen LogP contribution in [-0.4, -0.2) is 30.3 Å². The second kappa shape index (κ2) is 15.5. The van der Waals surface area contributed by atoms with E-state index in [2.05, 4.69) is 125 Å². The fourth-order valence-electron chi connectivity index (χ4n) is 4.87. The van der Waals surface area contributed by atoms with Crippen molar-refractivity contribution in [2.24, 2.45) is 0 Å². The largest absolute Gasteiger partial charge is 0.205 e. The van der Waals surface area contributed by atoms with Crippen LogP contribution >= 0.6 is 18.1 Å². The summed E-state index contributed by atoms with van der Waals surface area (Å²) >= 11 is 0. The number of unbranched alkanes of at least 4 members (excludes halogenated alkanes) is 3. The van der Waals surface area contributed by atoms with Gasteiger partial charge in [0.05, 0.1) is 0 Å². The molecule has 0 aliphatic heterocycles. The third-order valence-corrected chi connectivity index (χ3v) is 21.0. The molecule has 0 fully saturated rings. The van der Waals surface area contributed by atoms with Gasteiger partial charge in [-0.05, 0) is 66.2 Å². The molecule has 4 rings (SSSR count). The fraction of sp³-hybridized carbons (Fsp3) is 0.429. The van der Waals surface area contributed by atoms with Crippen LogP contribution < -0.4 is 0 Å². The maximum absolute atomic E-state index is 3.60. The Kier molecular flexibility index (Phi) is 13.9. The first-order valence-corrected chi connectivity index (χ1v) is 19.0. The first-order valence-electron chi connectivity index (χ1n) is 13.4. The van der Waals surface area contributed by atoms with Crippen molar-refractivity contribution in [3.8, 4) is 0 Å². The zero-order valence-corrected chi connectivity index (χ0v) is 25.4. The van der Waals surface area contributed by atoms with Gasteiger partial charge in [0.2, 0.25) is 0 Å². The van der Waals surface area contributed by atoms with E-state index in [1.165, 1.54) is 54.9 Å². The Morgan fingerprint density at radius 3 is 2.14 bits per heavy atom. The minimum absolute atomic E-state index is 0. The van der Waals surface area contributed by atoms with E-state index in [1.54, 1.807) is 11.1 Å². The minimum Gasteiger partial charge on any atom is -0.205 e. The molecular formula is C35H54S2. The Bertz CT molecular complexity index is 1080. The SMILES string of the molecule is C.C=C.C=CCCCC.CCCCC1=CC(S(C)(C)S(C)(C)C2C=Cc3c2ccc2ccccc32)C=C1. The van der Waals surface area contributed by atoms with Gasteiger partial charge in [0.15, 0.2) is 0 Å². The third kappa shape index (κ3) is 7.58. The van der Waals surface area contributed by atoms with Crippen molar-refractivity contribution in [3.63, 3.8) is 0 Å². The number of hydrogen-bond acceptors (Lipinski definition) is 0. The van der Waals surface area contributed by atoms with Gasteiger partial charge < -0.3 is 0 Å². The molecular weight excluding hydrogens is 485 g/mol. The van der Waals surface area contributed by atoms with Gasteiger partial charge in [0, 0.05) is 10.5 Å². The molecule has 0 heterocycles. The Hall–Kier alpha value is -1.90. The molecule has 206 valence electrons. The molecule has 2 aromatic carbocycles. The van der Waals surface area contributed by atoms with E-state index in [9.17, 15) is 0 Å². The predicted molar refractivity (Wildman–Crippen MR) is 183 cm³/mol. The highest BCUT2D eigenvalue weighted by Gasteiger charge is 2.41. The second-order valence-corrected chi connectivity index (χ2v) is 21.7. The molecule has 0 bridgehead atoms. The lowest BCUT2D eigenvalue weighted by atomic mass is 10.0. The number of rotatable bonds is 9. The van der Waals surface area contributed by atoms with Crippen molar-refractivity contribution in [1.29, 1.82) is 0 Å². The van der Waals surface area contributed by atoms with Crippen LogP contribution in [0.2, 0.25) is 0 Å². The van der Waals surface area contributed by atoms with Crippen molar-refractivity contribution in [3.05, 3.63) is 103 Å². The summed E-state index contributed by atoms with van der Waals surface area (Å²) in [5.74, 6) is 0. The average Bonchev–Trinajstić information content (AvgIpc) is 3.56. The van der Waals surface area contributed by atoms with Gasteiger partial charge in [-0.1, -0.05) is 119 Å². The Morgan fingerprint density at radius 1 is 0.838 bits per heavy atom. The van der Waals surface area contributed by atoms with E-state index >= 15 is 0 Å². The Morgan fingerprint density at radius 2 is 1.51 bits per heavy atom. The van der Waals surface area contributed by atoms with E-state index in [0.29, 0.717) is 10.5 Å². The van der Waals surface area contributed by atoms with E-state index in [-0.39, 0.29) is 7.43 Å². The fourth-order valence-corrected chi connectivity index (χ4v) is 12.4. The van der Waals surface area contributed by atoms with E-state index in [0.717, 1.165) is 0 Å². The van der Waals surface area contributed by atoms with Crippen molar-refractivity contribution < 1.29 is 0 Å². The lowest BCUT2D eigenvalue weighted by Gasteiger charge is -2.57. The zero-order chi connectivity index (χ0) is 26.8. The molecule has 2 aliphatic carbocycles. The van der Waals surface area contributed by atoms with E-state index in [4.69, 9.17) is 0 Å². The van der Waals surface area contributed by atoms with Crippen molar-refractivity contribution in [1.82, 2.24) is 0 Å². The monoisotopic (exact) mass is 538 g/mol. The summed E-state index contributed by atoms with van der Waals surface area (Å²) < 4.78 is 0. The predicted octanol–water partition coefficient (Wildman–Crippen LogP) is 11.8. The summed E-state index contributed by atoms with van der Waals surface area (Å²) in [6.07, 6.45) is 32.3. The van der Waals surface area contributed by atoms with Crippen LogP contribution in [0, 0.1) is 0 Å². The summed E-state index contributed by atoms with van der Waals surface area (Å²) in [6, 6.07) is 13.6. The van der Waals surface area contributed by atoms with Gasteiger partial charge >= 0.3 is 0 Å². The summed E-state index contributed by atoms with van der Waals surface area (Å²) in [5.41, 5.74) is 4.58. The van der Waals surface area contributed by atoms with Crippen LogP contribution in [0.5, 0.6) is 0 Å². The standard InChI is InChI=1S/C26H34S2.C6H12.C2H4.CH4/c1-6-7-10-20-13-15-22(19-20)27(2,3)28(4,5)26-18-17-24-23-12-9-8-11-21(23)14-16-25(24)26;1-3-5-6-4-2;1-2;/h8-9,11-19,22,26H,6-7,10H2,1-5H3;3H,1,4-6H2,2H3;1-2H2;1H4. The van der Waals surface area contributed by atoms with E-state index in [1.807, 2.05) is 6.08 Å². The van der Waals surface area contributed by atoms with Crippen LogP contribution in [0.4, 0.5) is 0 Å². The zero-order valence-electron chi connectivity index (χ0n) is 23.8. The molecule has 2 heteroatoms. The van der Waals surface area contributed by atoms with Crippen LogP contribution in [-0.2, 0) is 0 Å². The minimum atomic E-state index is -0.847. The first kappa shape index (κ1) is 33.1. The van der Waals surface area contributed by atoms with Gasteiger partial charge in [-0.3, -0.25) is 0 Å². The molecule has 2 atom stereocenters. The van der Waals surface area contributed by atoms with Crippen molar-refractivity contribution >= 4 is 35.0 Å². The number of benzene rings is 2. The van der Waals surface area contributed by atoms with Crippen LogP contribution in [0.25, 0.3) is 16.8 Å². The van der Waals surface area contributed by atoms with Gasteiger partial charge in [-0.2, -0.15) is 0 Å². The molecule has 0 aromatic heterocycles. The maximum Gasteiger partial charge on any atom is 0.0394 e. The molecule has 0 saturated heterocycles. The summed E-state index contributed by atoms with van der Waals surface area (Å²) in [6.45, 7) is 14.1. The second-order valence-electron chi connectivity index (χ2n) is 10.3. The molecule has 2 aliphatic rings. The highest BCUT2D eigenvalue weighted by molar-refractivity contribution is 9.07. The number of fused-ring (bicyclic) bond motifs is 3. The molecule has 0 spiro atoms. The Balaban J connectivity index is 0.000000672. The highest BCUT2D eigenvalue weighted by Crippen LogP contribution is 2.83. The summed E-state index contributed by atoms with van der Waals surface area (Å²) in [4.78, 5) is 0. The quantitative estimate of drug-likeness (QED) is 0.169. The lowest BCUT2D eigenvalue weighted by molar-refractivity contribution is 0.798. The summed E-state index contributed by atoms with van der Waals surface area (Å²) in [7, 11) is -1.65. The number of hydrogen-bond donors (Lipinski definition) is 0.